The largest absolute Gasteiger partial charge is 0.493 e. The van der Waals surface area contributed by atoms with Crippen molar-refractivity contribution in [1.29, 1.82) is 0 Å². The zero-order valence-corrected chi connectivity index (χ0v) is 14.0. The van der Waals surface area contributed by atoms with Crippen LogP contribution in [0.2, 0.25) is 0 Å². The van der Waals surface area contributed by atoms with Gasteiger partial charge in [0, 0.05) is 17.5 Å². The highest BCUT2D eigenvalue weighted by molar-refractivity contribution is 8.00. The van der Waals surface area contributed by atoms with E-state index in [2.05, 4.69) is 5.32 Å². The molecular weight excluding hydrogens is 306 g/mol. The number of rotatable bonds is 8. The summed E-state index contributed by atoms with van der Waals surface area (Å²) < 4.78 is 10.3. The van der Waals surface area contributed by atoms with Crippen LogP contribution in [0.3, 0.4) is 0 Å². The normalized spacial score (nSPS) is 10.9. The van der Waals surface area contributed by atoms with E-state index in [1.54, 1.807) is 32.0 Å². The van der Waals surface area contributed by atoms with Crippen LogP contribution in [0, 0.1) is 5.41 Å². The van der Waals surface area contributed by atoms with Crippen molar-refractivity contribution in [3.8, 4) is 11.5 Å². The van der Waals surface area contributed by atoms with Crippen molar-refractivity contribution in [2.75, 3.05) is 31.0 Å². The number of carboxylic acids is 1. The molecule has 0 bridgehead atoms. The van der Waals surface area contributed by atoms with Crippen molar-refractivity contribution in [2.45, 2.75) is 13.8 Å². The van der Waals surface area contributed by atoms with Gasteiger partial charge in [0.25, 0.3) is 0 Å². The first-order valence-corrected chi connectivity index (χ1v) is 7.78. The van der Waals surface area contributed by atoms with E-state index in [9.17, 15) is 9.59 Å². The van der Waals surface area contributed by atoms with Gasteiger partial charge in [-0.1, -0.05) is 0 Å². The molecule has 7 heteroatoms. The van der Waals surface area contributed by atoms with E-state index in [-0.39, 0.29) is 11.7 Å². The van der Waals surface area contributed by atoms with Gasteiger partial charge in [0.15, 0.2) is 11.5 Å². The molecule has 0 saturated carbocycles. The number of amides is 1. The molecule has 1 aromatic rings. The lowest BCUT2D eigenvalue weighted by Crippen LogP contribution is -2.27. The van der Waals surface area contributed by atoms with Gasteiger partial charge in [-0.3, -0.25) is 9.59 Å². The van der Waals surface area contributed by atoms with Crippen molar-refractivity contribution in [3.63, 3.8) is 0 Å². The number of carbonyl (C=O) groups is 2. The van der Waals surface area contributed by atoms with E-state index in [1.165, 1.54) is 26.0 Å². The van der Waals surface area contributed by atoms with E-state index in [0.29, 0.717) is 22.9 Å². The SMILES string of the molecule is COc1ccc(NC(=O)CSCC(C)(C)C(=O)O)cc1OC. The van der Waals surface area contributed by atoms with E-state index in [1.807, 2.05) is 0 Å². The Balaban J connectivity index is 2.54. The second-order valence-electron chi connectivity index (χ2n) is 5.30. The summed E-state index contributed by atoms with van der Waals surface area (Å²) in [5.41, 5.74) is -0.255. The van der Waals surface area contributed by atoms with E-state index < -0.39 is 11.4 Å². The molecule has 0 fully saturated rings. The van der Waals surface area contributed by atoms with E-state index in [4.69, 9.17) is 14.6 Å². The zero-order valence-electron chi connectivity index (χ0n) is 13.1. The average Bonchev–Trinajstić information content (AvgIpc) is 2.46. The Hall–Kier alpha value is -1.89. The molecule has 22 heavy (non-hydrogen) atoms. The molecule has 2 N–H and O–H groups in total. The van der Waals surface area contributed by atoms with Crippen molar-refractivity contribution >= 4 is 29.3 Å². The zero-order chi connectivity index (χ0) is 16.8. The van der Waals surface area contributed by atoms with Crippen LogP contribution in [-0.2, 0) is 9.59 Å². The van der Waals surface area contributed by atoms with E-state index >= 15 is 0 Å². The topological polar surface area (TPSA) is 84.9 Å². The lowest BCUT2D eigenvalue weighted by Gasteiger charge is -2.18. The predicted octanol–water partition coefficient (Wildman–Crippen LogP) is 2.49. The summed E-state index contributed by atoms with van der Waals surface area (Å²) in [4.78, 5) is 22.8. The third kappa shape index (κ3) is 5.14. The highest BCUT2D eigenvalue weighted by Crippen LogP contribution is 2.30. The van der Waals surface area contributed by atoms with Crippen LogP contribution < -0.4 is 14.8 Å². The van der Waals surface area contributed by atoms with Crippen LogP contribution in [0.1, 0.15) is 13.8 Å². The van der Waals surface area contributed by atoms with Gasteiger partial charge in [-0.15, -0.1) is 0 Å². The van der Waals surface area contributed by atoms with Gasteiger partial charge in [0.1, 0.15) is 0 Å². The van der Waals surface area contributed by atoms with Crippen molar-refractivity contribution in [2.24, 2.45) is 5.41 Å². The number of thioether (sulfide) groups is 1. The summed E-state index contributed by atoms with van der Waals surface area (Å²) in [6.07, 6.45) is 0. The maximum Gasteiger partial charge on any atom is 0.309 e. The summed E-state index contributed by atoms with van der Waals surface area (Å²) in [5.74, 6) is 0.587. The van der Waals surface area contributed by atoms with Crippen molar-refractivity contribution in [1.82, 2.24) is 0 Å². The Labute approximate surface area is 134 Å². The Kier molecular flexibility index (Phi) is 6.55. The number of hydrogen-bond acceptors (Lipinski definition) is 5. The molecule has 122 valence electrons. The lowest BCUT2D eigenvalue weighted by molar-refractivity contribution is -0.145. The van der Waals surface area contributed by atoms with Gasteiger partial charge in [0.2, 0.25) is 5.91 Å². The minimum atomic E-state index is -0.875. The van der Waals surface area contributed by atoms with Crippen molar-refractivity contribution < 1.29 is 24.2 Å². The van der Waals surface area contributed by atoms with Gasteiger partial charge in [-0.05, 0) is 26.0 Å². The molecule has 0 atom stereocenters. The Morgan fingerprint density at radius 2 is 1.86 bits per heavy atom. The minimum Gasteiger partial charge on any atom is -0.493 e. The first kappa shape index (κ1) is 18.2. The first-order chi connectivity index (χ1) is 10.3. The summed E-state index contributed by atoms with van der Waals surface area (Å²) >= 11 is 1.28. The first-order valence-electron chi connectivity index (χ1n) is 6.63. The second-order valence-corrected chi connectivity index (χ2v) is 6.29. The quantitative estimate of drug-likeness (QED) is 0.763. The molecule has 0 aliphatic rings. The number of hydrogen-bond donors (Lipinski definition) is 2. The van der Waals surface area contributed by atoms with Crippen LogP contribution in [0.25, 0.3) is 0 Å². The van der Waals surface area contributed by atoms with Crippen molar-refractivity contribution in [3.05, 3.63) is 18.2 Å². The van der Waals surface area contributed by atoms with Gasteiger partial charge < -0.3 is 19.9 Å². The average molecular weight is 327 g/mol. The third-order valence-corrected chi connectivity index (χ3v) is 4.33. The number of carboxylic acid groups (broad SMARTS) is 1. The van der Waals surface area contributed by atoms with Gasteiger partial charge >= 0.3 is 5.97 Å². The third-order valence-electron chi connectivity index (χ3n) is 2.94. The molecule has 1 rings (SSSR count). The molecule has 0 unspecified atom stereocenters. The number of benzene rings is 1. The summed E-state index contributed by atoms with van der Waals surface area (Å²) in [5, 5.41) is 11.7. The molecule has 0 saturated heterocycles. The highest BCUT2D eigenvalue weighted by Gasteiger charge is 2.27. The minimum absolute atomic E-state index is 0.186. The number of carbonyl (C=O) groups excluding carboxylic acids is 1. The van der Waals surface area contributed by atoms with Gasteiger partial charge in [-0.2, -0.15) is 11.8 Å². The summed E-state index contributed by atoms with van der Waals surface area (Å²) in [6, 6.07) is 5.09. The molecule has 1 aromatic carbocycles. The lowest BCUT2D eigenvalue weighted by atomic mass is 9.97. The molecule has 0 aliphatic carbocycles. The van der Waals surface area contributed by atoms with Gasteiger partial charge in [0.05, 0.1) is 25.4 Å². The molecule has 0 spiro atoms. The number of aliphatic carboxylic acids is 1. The van der Waals surface area contributed by atoms with Crippen LogP contribution >= 0.6 is 11.8 Å². The fourth-order valence-electron chi connectivity index (χ4n) is 1.57. The fourth-order valence-corrected chi connectivity index (χ4v) is 2.57. The Bertz CT molecular complexity index is 545. The second kappa shape index (κ2) is 7.93. The van der Waals surface area contributed by atoms with Crippen LogP contribution in [0.4, 0.5) is 5.69 Å². The Morgan fingerprint density at radius 3 is 2.41 bits per heavy atom. The molecule has 6 nitrogen and oxygen atoms in total. The van der Waals surface area contributed by atoms with Crippen LogP contribution in [-0.4, -0.2) is 42.7 Å². The predicted molar refractivity (Wildman–Crippen MR) is 86.9 cm³/mol. The number of nitrogens with one attached hydrogen (secondary N) is 1. The monoisotopic (exact) mass is 327 g/mol. The summed E-state index contributed by atoms with van der Waals surface area (Å²) in [6.45, 7) is 3.27. The smallest absolute Gasteiger partial charge is 0.309 e. The molecule has 0 aliphatic heterocycles. The maximum atomic E-state index is 11.9. The maximum absolute atomic E-state index is 11.9. The number of methoxy groups -OCH3 is 2. The molecule has 0 heterocycles. The number of ether oxygens (including phenoxy) is 2. The molecule has 1 amide bonds. The summed E-state index contributed by atoms with van der Waals surface area (Å²) in [7, 11) is 3.06. The fraction of sp³-hybridized carbons (Fsp3) is 0.467. The van der Waals surface area contributed by atoms with Crippen LogP contribution in [0.5, 0.6) is 11.5 Å². The molecule has 0 radical (unpaired) electrons. The Morgan fingerprint density at radius 1 is 1.23 bits per heavy atom. The standard InChI is InChI=1S/C15H21NO5S/c1-15(2,14(18)19)9-22-8-13(17)16-10-5-6-11(20-3)12(7-10)21-4/h5-7H,8-9H2,1-4H3,(H,16,17)(H,18,19). The van der Waals surface area contributed by atoms with E-state index in [0.717, 1.165) is 0 Å². The van der Waals surface area contributed by atoms with Crippen LogP contribution in [0.15, 0.2) is 18.2 Å². The molecular formula is C15H21NO5S. The van der Waals surface area contributed by atoms with Gasteiger partial charge in [-0.25, -0.2) is 0 Å². The number of anilines is 1. The highest BCUT2D eigenvalue weighted by atomic mass is 32.2. The molecule has 0 aromatic heterocycles.